The predicted octanol–water partition coefficient (Wildman–Crippen LogP) is 3.34. The lowest BCUT2D eigenvalue weighted by atomic mass is 9.85. The Bertz CT molecular complexity index is 348. The number of hydrogen-bond acceptors (Lipinski definition) is 2. The summed E-state index contributed by atoms with van der Waals surface area (Å²) in [5.41, 5.74) is 1.22. The average molecular weight is 299 g/mol. The summed E-state index contributed by atoms with van der Waals surface area (Å²) in [6, 6.07) is 8.19. The largest absolute Gasteiger partial charge is 0.396 e. The summed E-state index contributed by atoms with van der Waals surface area (Å²) in [5.74, 6) is 0.932. The highest BCUT2D eigenvalue weighted by molar-refractivity contribution is 9.10. The molecule has 1 unspecified atom stereocenters. The zero-order valence-corrected chi connectivity index (χ0v) is 11.5. The lowest BCUT2D eigenvalue weighted by Crippen LogP contribution is -2.19. The molecule has 1 aromatic rings. The van der Waals surface area contributed by atoms with E-state index in [1.54, 1.807) is 0 Å². The third-order valence-corrected chi connectivity index (χ3v) is 4.25. The number of aliphatic hydroxyl groups is 1. The molecule has 0 bridgehead atoms. The van der Waals surface area contributed by atoms with Crippen LogP contribution >= 0.6 is 15.9 Å². The molecule has 2 rings (SSSR count). The quantitative estimate of drug-likeness (QED) is 0.924. The van der Waals surface area contributed by atoms with Crippen molar-refractivity contribution in [2.24, 2.45) is 5.92 Å². The van der Waals surface area contributed by atoms with Crippen LogP contribution in [-0.4, -0.2) is 24.9 Å². The molecule has 17 heavy (non-hydrogen) atoms. The Morgan fingerprint density at radius 2 is 2.00 bits per heavy atom. The number of hydrogen-bond donors (Lipinski definition) is 1. The van der Waals surface area contributed by atoms with Crippen molar-refractivity contribution in [1.29, 1.82) is 0 Å². The highest BCUT2D eigenvalue weighted by Gasteiger charge is 2.21. The number of benzene rings is 1. The van der Waals surface area contributed by atoms with Gasteiger partial charge in [0.1, 0.15) is 0 Å². The summed E-state index contributed by atoms with van der Waals surface area (Å²) in [4.78, 5) is 0. The molecule has 1 aliphatic heterocycles. The van der Waals surface area contributed by atoms with Crippen LogP contribution in [0.5, 0.6) is 0 Å². The van der Waals surface area contributed by atoms with E-state index in [4.69, 9.17) is 4.74 Å². The Hall–Kier alpha value is -0.380. The standard InChI is InChI=1S/C14H19BrO2/c15-14-4-2-1-3-13(14)12(10-16)9-11-5-7-17-8-6-11/h1-4,11-12,16H,5-10H2. The first-order valence-electron chi connectivity index (χ1n) is 6.24. The van der Waals surface area contributed by atoms with Crippen molar-refractivity contribution in [1.82, 2.24) is 0 Å². The van der Waals surface area contributed by atoms with E-state index in [0.717, 1.165) is 36.9 Å². The summed E-state index contributed by atoms with van der Waals surface area (Å²) in [7, 11) is 0. The highest BCUT2D eigenvalue weighted by atomic mass is 79.9. The van der Waals surface area contributed by atoms with Crippen molar-refractivity contribution in [3.8, 4) is 0 Å². The zero-order valence-electron chi connectivity index (χ0n) is 9.94. The van der Waals surface area contributed by atoms with Crippen LogP contribution in [0.1, 0.15) is 30.7 Å². The predicted molar refractivity (Wildman–Crippen MR) is 72.1 cm³/mol. The molecule has 0 spiro atoms. The van der Waals surface area contributed by atoms with Gasteiger partial charge in [-0.25, -0.2) is 0 Å². The van der Waals surface area contributed by atoms with Crippen molar-refractivity contribution in [2.45, 2.75) is 25.2 Å². The molecule has 0 aliphatic carbocycles. The van der Waals surface area contributed by atoms with Crippen LogP contribution in [-0.2, 0) is 4.74 Å². The maximum atomic E-state index is 9.58. The van der Waals surface area contributed by atoms with E-state index in [2.05, 4.69) is 22.0 Å². The van der Waals surface area contributed by atoms with E-state index in [0.29, 0.717) is 5.92 Å². The molecule has 1 heterocycles. The Morgan fingerprint density at radius 1 is 1.29 bits per heavy atom. The number of halogens is 1. The van der Waals surface area contributed by atoms with Crippen molar-refractivity contribution < 1.29 is 9.84 Å². The second-order valence-electron chi connectivity index (χ2n) is 4.69. The van der Waals surface area contributed by atoms with E-state index in [-0.39, 0.29) is 12.5 Å². The van der Waals surface area contributed by atoms with Gasteiger partial charge in [-0.3, -0.25) is 0 Å². The fourth-order valence-corrected chi connectivity index (χ4v) is 3.10. The first kappa shape index (κ1) is 13.1. The number of ether oxygens (including phenoxy) is 1. The third kappa shape index (κ3) is 3.54. The molecule has 3 heteroatoms. The second-order valence-corrected chi connectivity index (χ2v) is 5.55. The van der Waals surface area contributed by atoms with Crippen molar-refractivity contribution in [3.05, 3.63) is 34.3 Å². The fraction of sp³-hybridized carbons (Fsp3) is 0.571. The Kier molecular flexibility index (Phi) is 5.01. The number of aliphatic hydroxyl groups excluding tert-OH is 1. The minimum absolute atomic E-state index is 0.222. The van der Waals surface area contributed by atoms with Gasteiger partial charge in [0, 0.05) is 30.2 Å². The van der Waals surface area contributed by atoms with E-state index < -0.39 is 0 Å². The van der Waals surface area contributed by atoms with Gasteiger partial charge in [-0.2, -0.15) is 0 Å². The van der Waals surface area contributed by atoms with Gasteiger partial charge in [-0.1, -0.05) is 34.1 Å². The topological polar surface area (TPSA) is 29.5 Å². The molecule has 0 aromatic heterocycles. The van der Waals surface area contributed by atoms with Crippen molar-refractivity contribution in [2.75, 3.05) is 19.8 Å². The van der Waals surface area contributed by atoms with Gasteiger partial charge in [0.25, 0.3) is 0 Å². The monoisotopic (exact) mass is 298 g/mol. The summed E-state index contributed by atoms with van der Waals surface area (Å²) >= 11 is 3.57. The van der Waals surface area contributed by atoms with Gasteiger partial charge in [0.15, 0.2) is 0 Å². The normalized spacial score (nSPS) is 19.2. The molecule has 0 radical (unpaired) electrons. The summed E-state index contributed by atoms with van der Waals surface area (Å²) in [6.45, 7) is 1.97. The molecule has 1 aromatic carbocycles. The second kappa shape index (κ2) is 6.53. The van der Waals surface area contributed by atoms with Gasteiger partial charge < -0.3 is 9.84 Å². The highest BCUT2D eigenvalue weighted by Crippen LogP contribution is 2.32. The molecule has 1 saturated heterocycles. The SMILES string of the molecule is OCC(CC1CCOCC1)c1ccccc1Br. The van der Waals surface area contributed by atoms with Crippen LogP contribution in [0.2, 0.25) is 0 Å². The van der Waals surface area contributed by atoms with E-state index in [1.807, 2.05) is 18.2 Å². The summed E-state index contributed by atoms with van der Waals surface area (Å²) in [5, 5.41) is 9.58. The Morgan fingerprint density at radius 3 is 2.65 bits per heavy atom. The maximum absolute atomic E-state index is 9.58. The van der Waals surface area contributed by atoms with E-state index >= 15 is 0 Å². The summed E-state index contributed by atoms with van der Waals surface area (Å²) in [6.07, 6.45) is 3.31. The van der Waals surface area contributed by atoms with Crippen LogP contribution in [0.3, 0.4) is 0 Å². The molecule has 0 amide bonds. The van der Waals surface area contributed by atoms with Gasteiger partial charge in [-0.05, 0) is 36.8 Å². The van der Waals surface area contributed by atoms with Crippen molar-refractivity contribution >= 4 is 15.9 Å². The summed E-state index contributed by atoms with van der Waals surface area (Å²) < 4.78 is 6.48. The van der Waals surface area contributed by atoms with Crippen LogP contribution in [0, 0.1) is 5.92 Å². The molecule has 1 N–H and O–H groups in total. The minimum atomic E-state index is 0.222. The van der Waals surface area contributed by atoms with Crippen LogP contribution < -0.4 is 0 Å². The molecule has 0 saturated carbocycles. The minimum Gasteiger partial charge on any atom is -0.396 e. The smallest absolute Gasteiger partial charge is 0.0500 e. The molecule has 1 fully saturated rings. The molecular weight excluding hydrogens is 280 g/mol. The molecule has 1 atom stereocenters. The van der Waals surface area contributed by atoms with Crippen LogP contribution in [0.4, 0.5) is 0 Å². The Balaban J connectivity index is 2.03. The van der Waals surface area contributed by atoms with Crippen molar-refractivity contribution in [3.63, 3.8) is 0 Å². The average Bonchev–Trinajstić information content (AvgIpc) is 2.38. The first-order chi connectivity index (χ1) is 8.31. The molecule has 1 aliphatic rings. The molecular formula is C14H19BrO2. The number of rotatable bonds is 4. The third-order valence-electron chi connectivity index (χ3n) is 3.52. The first-order valence-corrected chi connectivity index (χ1v) is 7.03. The lowest BCUT2D eigenvalue weighted by molar-refractivity contribution is 0.0591. The van der Waals surface area contributed by atoms with Crippen LogP contribution in [0.15, 0.2) is 28.7 Å². The van der Waals surface area contributed by atoms with Crippen LogP contribution in [0.25, 0.3) is 0 Å². The van der Waals surface area contributed by atoms with Gasteiger partial charge in [-0.15, -0.1) is 0 Å². The van der Waals surface area contributed by atoms with Gasteiger partial charge in [0.2, 0.25) is 0 Å². The Labute approximate surface area is 111 Å². The maximum Gasteiger partial charge on any atom is 0.0500 e. The fourth-order valence-electron chi connectivity index (χ4n) is 2.49. The van der Waals surface area contributed by atoms with E-state index in [1.165, 1.54) is 5.56 Å². The van der Waals surface area contributed by atoms with Gasteiger partial charge in [0.05, 0.1) is 0 Å². The molecule has 94 valence electrons. The zero-order chi connectivity index (χ0) is 12.1. The lowest BCUT2D eigenvalue weighted by Gasteiger charge is -2.26. The van der Waals surface area contributed by atoms with E-state index in [9.17, 15) is 5.11 Å². The van der Waals surface area contributed by atoms with Gasteiger partial charge >= 0.3 is 0 Å². The molecule has 2 nitrogen and oxygen atoms in total.